The molecule has 0 heterocycles. The summed E-state index contributed by atoms with van der Waals surface area (Å²) < 4.78 is 18.0. The highest BCUT2D eigenvalue weighted by atomic mass is 16.6. The monoisotopic (exact) mass is 472 g/mol. The highest BCUT2D eigenvalue weighted by Gasteiger charge is 2.65. The van der Waals surface area contributed by atoms with E-state index in [1.807, 2.05) is 20.8 Å². The lowest BCUT2D eigenvalue weighted by Crippen LogP contribution is -2.57. The molecule has 0 aromatic rings. The summed E-state index contributed by atoms with van der Waals surface area (Å²) in [7, 11) is 0. The van der Waals surface area contributed by atoms with Crippen LogP contribution < -0.4 is 0 Å². The van der Waals surface area contributed by atoms with Crippen LogP contribution in [0.4, 0.5) is 0 Å². The zero-order valence-corrected chi connectivity index (χ0v) is 22.1. The maximum absolute atomic E-state index is 12.3. The van der Waals surface area contributed by atoms with E-state index in [0.717, 1.165) is 44.3 Å². The van der Waals surface area contributed by atoms with Gasteiger partial charge in [0.2, 0.25) is 0 Å². The minimum atomic E-state index is -0.401. The lowest BCUT2D eigenvalue weighted by Gasteiger charge is -2.60. The van der Waals surface area contributed by atoms with E-state index in [9.17, 15) is 9.59 Å². The summed E-state index contributed by atoms with van der Waals surface area (Å²) in [4.78, 5) is 24.6. The number of esters is 2. The summed E-state index contributed by atoms with van der Waals surface area (Å²) in [5.41, 5.74) is 0.716. The standard InChI is InChI=1S/C29H44O5/c1-7-25(30)33-18-29-19(4)16-21(32-9-3)17-20(29)10-11-22-23-13-15-28(6,34-26(31)8-2)27(23,5)14-12-24(22)29/h10,17,19,22-24H,7-9,11-16,18H2,1-6H3/t19-,22-,23-,24-,27-,28-,29-/m0/s1. The van der Waals surface area contributed by atoms with E-state index < -0.39 is 5.60 Å². The van der Waals surface area contributed by atoms with Gasteiger partial charge in [0.25, 0.3) is 0 Å². The summed E-state index contributed by atoms with van der Waals surface area (Å²) in [5, 5.41) is 0. The fraction of sp³-hybridized carbons (Fsp3) is 0.793. The summed E-state index contributed by atoms with van der Waals surface area (Å²) >= 11 is 0. The van der Waals surface area contributed by atoms with E-state index in [2.05, 4.69) is 32.9 Å². The minimum Gasteiger partial charge on any atom is -0.498 e. The van der Waals surface area contributed by atoms with Crippen molar-refractivity contribution in [2.24, 2.45) is 34.5 Å². The Kier molecular flexibility index (Phi) is 6.96. The van der Waals surface area contributed by atoms with Crippen molar-refractivity contribution in [3.8, 4) is 0 Å². The van der Waals surface area contributed by atoms with Crippen molar-refractivity contribution in [1.29, 1.82) is 0 Å². The third kappa shape index (κ3) is 3.82. The van der Waals surface area contributed by atoms with Gasteiger partial charge in [0.15, 0.2) is 0 Å². The third-order valence-corrected chi connectivity index (χ3v) is 10.2. The molecule has 0 unspecified atom stereocenters. The first-order chi connectivity index (χ1) is 16.1. The molecule has 190 valence electrons. The number of hydrogen-bond acceptors (Lipinski definition) is 5. The first-order valence-electron chi connectivity index (χ1n) is 13.6. The molecule has 5 nitrogen and oxygen atoms in total. The van der Waals surface area contributed by atoms with Crippen LogP contribution in [0.1, 0.15) is 92.9 Å². The number of fused-ring (bicyclic) bond motifs is 5. The lowest BCUT2D eigenvalue weighted by molar-refractivity contribution is -0.181. The van der Waals surface area contributed by atoms with E-state index >= 15 is 0 Å². The quantitative estimate of drug-likeness (QED) is 0.403. The fourth-order valence-electron chi connectivity index (χ4n) is 8.12. The highest BCUT2D eigenvalue weighted by molar-refractivity contribution is 5.69. The minimum absolute atomic E-state index is 0.0180. The third-order valence-electron chi connectivity index (χ3n) is 10.2. The molecule has 0 saturated heterocycles. The molecule has 7 atom stereocenters. The lowest BCUT2D eigenvalue weighted by atomic mass is 9.45. The molecule has 2 saturated carbocycles. The van der Waals surface area contributed by atoms with Crippen molar-refractivity contribution in [3.63, 3.8) is 0 Å². The SMILES string of the molecule is CCOC1=CC2=CC[C@@H]3[C@H](CC[C@@]4(C)[C@H]3CC[C@]4(C)OC(=O)CC)[C@@]2(COC(=O)CC)[C@@H](C)C1. The largest absolute Gasteiger partial charge is 0.498 e. The van der Waals surface area contributed by atoms with Crippen molar-refractivity contribution < 1.29 is 23.8 Å². The van der Waals surface area contributed by atoms with Crippen molar-refractivity contribution in [2.45, 2.75) is 98.5 Å². The van der Waals surface area contributed by atoms with Gasteiger partial charge in [-0.1, -0.05) is 33.8 Å². The first kappa shape index (κ1) is 25.3. The molecule has 0 radical (unpaired) electrons. The summed E-state index contributed by atoms with van der Waals surface area (Å²) in [6.07, 6.45) is 11.5. The fourth-order valence-corrected chi connectivity index (χ4v) is 8.12. The van der Waals surface area contributed by atoms with Gasteiger partial charge in [0.1, 0.15) is 12.2 Å². The molecular weight excluding hydrogens is 428 g/mol. The van der Waals surface area contributed by atoms with E-state index in [4.69, 9.17) is 14.2 Å². The van der Waals surface area contributed by atoms with Gasteiger partial charge < -0.3 is 14.2 Å². The average Bonchev–Trinajstić information content (AvgIpc) is 3.08. The van der Waals surface area contributed by atoms with Gasteiger partial charge in [0.05, 0.1) is 12.4 Å². The Hall–Kier alpha value is -1.78. The summed E-state index contributed by atoms with van der Waals surface area (Å²) in [6.45, 7) is 13.8. The summed E-state index contributed by atoms with van der Waals surface area (Å²) in [6, 6.07) is 0. The van der Waals surface area contributed by atoms with Gasteiger partial charge in [0, 0.05) is 30.1 Å². The second kappa shape index (κ2) is 9.35. The Morgan fingerprint density at radius 2 is 1.74 bits per heavy atom. The van der Waals surface area contributed by atoms with Crippen molar-refractivity contribution in [2.75, 3.05) is 13.2 Å². The Morgan fingerprint density at radius 1 is 1.03 bits per heavy atom. The number of ether oxygens (including phenoxy) is 3. The molecule has 0 bridgehead atoms. The molecule has 4 aliphatic carbocycles. The maximum atomic E-state index is 12.3. The van der Waals surface area contributed by atoms with Crippen molar-refractivity contribution in [1.82, 2.24) is 0 Å². The van der Waals surface area contributed by atoms with Crippen LogP contribution in [0.15, 0.2) is 23.5 Å². The van der Waals surface area contributed by atoms with Crippen LogP contribution in [0.5, 0.6) is 0 Å². The van der Waals surface area contributed by atoms with Crippen LogP contribution in [-0.4, -0.2) is 30.8 Å². The topological polar surface area (TPSA) is 61.8 Å². The number of hydrogen-bond donors (Lipinski definition) is 0. The maximum Gasteiger partial charge on any atom is 0.306 e. The Bertz CT molecular complexity index is 874. The molecule has 0 aromatic heterocycles. The van der Waals surface area contributed by atoms with Gasteiger partial charge in [-0.25, -0.2) is 0 Å². The number of carbonyl (C=O) groups excluding carboxylic acids is 2. The van der Waals surface area contributed by atoms with Gasteiger partial charge in [-0.15, -0.1) is 0 Å². The van der Waals surface area contributed by atoms with Gasteiger partial charge in [-0.2, -0.15) is 0 Å². The second-order valence-corrected chi connectivity index (χ2v) is 11.5. The normalized spacial score (nSPS) is 40.8. The molecule has 4 aliphatic rings. The summed E-state index contributed by atoms with van der Waals surface area (Å²) in [5.74, 6) is 2.64. The van der Waals surface area contributed by atoms with Crippen LogP contribution in [0.3, 0.4) is 0 Å². The molecule has 0 spiro atoms. The number of carbonyl (C=O) groups is 2. The van der Waals surface area contributed by atoms with Gasteiger partial charge >= 0.3 is 11.9 Å². The van der Waals surface area contributed by atoms with Crippen LogP contribution in [0.2, 0.25) is 0 Å². The Balaban J connectivity index is 1.71. The van der Waals surface area contributed by atoms with E-state index in [0.29, 0.717) is 49.7 Å². The van der Waals surface area contributed by atoms with Crippen LogP contribution in [0, 0.1) is 34.5 Å². The van der Waals surface area contributed by atoms with E-state index in [1.165, 1.54) is 5.57 Å². The second-order valence-electron chi connectivity index (χ2n) is 11.5. The molecule has 4 rings (SSSR count). The predicted octanol–water partition coefficient (Wildman–Crippen LogP) is 6.37. The number of allylic oxidation sites excluding steroid dienone is 3. The molecule has 0 aliphatic heterocycles. The number of rotatable bonds is 7. The molecule has 0 N–H and O–H groups in total. The van der Waals surface area contributed by atoms with Gasteiger partial charge in [-0.3, -0.25) is 9.59 Å². The molecule has 0 amide bonds. The van der Waals surface area contributed by atoms with Crippen molar-refractivity contribution in [3.05, 3.63) is 23.5 Å². The Labute approximate surface area is 205 Å². The highest BCUT2D eigenvalue weighted by Crippen LogP contribution is 2.68. The molecule has 5 heteroatoms. The van der Waals surface area contributed by atoms with Crippen LogP contribution in [0.25, 0.3) is 0 Å². The Morgan fingerprint density at radius 3 is 2.41 bits per heavy atom. The smallest absolute Gasteiger partial charge is 0.306 e. The average molecular weight is 473 g/mol. The van der Waals surface area contributed by atoms with Gasteiger partial charge in [-0.05, 0) is 81.3 Å². The van der Waals surface area contributed by atoms with Crippen molar-refractivity contribution >= 4 is 11.9 Å². The first-order valence-corrected chi connectivity index (χ1v) is 13.6. The van der Waals surface area contributed by atoms with E-state index in [1.54, 1.807) is 0 Å². The van der Waals surface area contributed by atoms with Crippen LogP contribution >= 0.6 is 0 Å². The zero-order valence-electron chi connectivity index (χ0n) is 22.1. The molecular formula is C29H44O5. The predicted molar refractivity (Wildman–Crippen MR) is 132 cm³/mol. The molecule has 34 heavy (non-hydrogen) atoms. The molecule has 0 aromatic carbocycles. The van der Waals surface area contributed by atoms with E-state index in [-0.39, 0.29) is 22.8 Å². The molecule has 2 fully saturated rings. The van der Waals surface area contributed by atoms with Crippen LogP contribution in [-0.2, 0) is 23.8 Å². The zero-order chi connectivity index (χ0) is 24.7.